The Morgan fingerprint density at radius 1 is 1.33 bits per heavy atom. The topological polar surface area (TPSA) is 79.8 Å². The summed E-state index contributed by atoms with van der Waals surface area (Å²) < 4.78 is 0. The number of nitriles is 1. The van der Waals surface area contributed by atoms with Crippen molar-refractivity contribution in [3.8, 4) is 17.9 Å². The van der Waals surface area contributed by atoms with E-state index in [1.54, 1.807) is 18.3 Å². The van der Waals surface area contributed by atoms with Gasteiger partial charge in [0.15, 0.2) is 0 Å². The van der Waals surface area contributed by atoms with E-state index in [0.717, 1.165) is 0 Å². The third kappa shape index (κ3) is 2.11. The number of hydrogen-bond acceptors (Lipinski definition) is 4. The highest BCUT2D eigenvalue weighted by molar-refractivity contribution is 5.94. The molecule has 0 bridgehead atoms. The van der Waals surface area contributed by atoms with Crippen molar-refractivity contribution in [3.63, 3.8) is 0 Å². The lowest BCUT2D eigenvalue weighted by molar-refractivity contribution is -0.383. The molecule has 5 nitrogen and oxygen atoms in total. The van der Waals surface area contributed by atoms with E-state index in [1.165, 1.54) is 12.3 Å². The Kier molecular flexibility index (Phi) is 3.17. The summed E-state index contributed by atoms with van der Waals surface area (Å²) >= 11 is 0. The Hall–Kier alpha value is -2.92. The van der Waals surface area contributed by atoms with Crippen LogP contribution in [0.25, 0.3) is 10.8 Å². The Morgan fingerprint density at radius 2 is 2.17 bits per heavy atom. The summed E-state index contributed by atoms with van der Waals surface area (Å²) in [5.41, 5.74) is 0.664. The molecule has 86 valence electrons. The maximum atomic E-state index is 10.9. The molecule has 1 heterocycles. The number of rotatable bonds is 1. The van der Waals surface area contributed by atoms with E-state index in [1.807, 2.05) is 6.07 Å². The Balaban J connectivity index is 2.66. The number of nitro groups is 1. The highest BCUT2D eigenvalue weighted by Gasteiger charge is 2.13. The number of hydrogen-bond donors (Lipinski definition) is 0. The van der Waals surface area contributed by atoms with Gasteiger partial charge in [-0.1, -0.05) is 11.8 Å². The lowest BCUT2D eigenvalue weighted by atomic mass is 10.1. The van der Waals surface area contributed by atoms with Gasteiger partial charge in [-0.3, -0.25) is 15.1 Å². The molecule has 2 aromatic rings. The summed E-state index contributed by atoms with van der Waals surface area (Å²) in [6, 6.07) is 6.59. The summed E-state index contributed by atoms with van der Waals surface area (Å²) in [4.78, 5) is 14.3. The first-order chi connectivity index (χ1) is 8.74. The molecular formula is C13H7N3O2. The summed E-state index contributed by atoms with van der Waals surface area (Å²) in [6.07, 6.45) is 3.13. The van der Waals surface area contributed by atoms with Crippen LogP contribution in [-0.2, 0) is 0 Å². The van der Waals surface area contributed by atoms with Crippen LogP contribution < -0.4 is 0 Å². The molecule has 0 aliphatic carbocycles. The standard InChI is InChI=1S/C13H7N3O2/c14-7-2-1-3-10-4-5-13(16(17)18)12-9-15-8-6-11(10)12/h4-6,8-9H,2H2. The number of pyridine rings is 1. The van der Waals surface area contributed by atoms with Crippen LogP contribution in [0.5, 0.6) is 0 Å². The molecule has 0 aliphatic rings. The minimum Gasteiger partial charge on any atom is -0.264 e. The van der Waals surface area contributed by atoms with Crippen molar-refractivity contribution in [3.05, 3.63) is 46.3 Å². The maximum Gasteiger partial charge on any atom is 0.278 e. The third-order valence-corrected chi connectivity index (χ3v) is 2.38. The van der Waals surface area contributed by atoms with Gasteiger partial charge in [0.05, 0.1) is 22.8 Å². The Labute approximate surface area is 103 Å². The van der Waals surface area contributed by atoms with Crippen molar-refractivity contribution in [2.75, 3.05) is 0 Å². The molecule has 0 unspecified atom stereocenters. The SMILES string of the molecule is N#CCC#Cc1ccc([N+](=O)[O-])c2cnccc12. The quantitative estimate of drug-likeness (QED) is 0.433. The molecular weight excluding hydrogens is 230 g/mol. The molecule has 0 saturated carbocycles. The van der Waals surface area contributed by atoms with Crippen molar-refractivity contribution in [2.24, 2.45) is 0 Å². The summed E-state index contributed by atoms with van der Waals surface area (Å²) in [6.45, 7) is 0. The predicted octanol–water partition coefficient (Wildman–Crippen LogP) is 2.41. The predicted molar refractivity (Wildman–Crippen MR) is 65.5 cm³/mol. The second-order valence-electron chi connectivity index (χ2n) is 3.45. The summed E-state index contributed by atoms with van der Waals surface area (Å²) in [5, 5.41) is 20.4. The molecule has 5 heteroatoms. The van der Waals surface area contributed by atoms with Gasteiger partial charge in [0.2, 0.25) is 0 Å². The summed E-state index contributed by atoms with van der Waals surface area (Å²) in [7, 11) is 0. The monoisotopic (exact) mass is 237 g/mol. The number of nitro benzene ring substituents is 1. The van der Waals surface area contributed by atoms with Crippen LogP contribution in [0.2, 0.25) is 0 Å². The Bertz CT molecular complexity index is 720. The molecule has 1 aromatic carbocycles. The molecule has 18 heavy (non-hydrogen) atoms. The minimum absolute atomic E-state index is 0.00364. The van der Waals surface area contributed by atoms with Gasteiger partial charge >= 0.3 is 0 Å². The first-order valence-electron chi connectivity index (χ1n) is 5.11. The molecule has 0 aliphatic heterocycles. The largest absolute Gasteiger partial charge is 0.278 e. The van der Waals surface area contributed by atoms with E-state index >= 15 is 0 Å². The van der Waals surface area contributed by atoms with Crippen molar-refractivity contribution >= 4 is 16.5 Å². The molecule has 2 rings (SSSR count). The average molecular weight is 237 g/mol. The highest BCUT2D eigenvalue weighted by Crippen LogP contribution is 2.26. The summed E-state index contributed by atoms with van der Waals surface area (Å²) in [5.74, 6) is 5.52. The first-order valence-corrected chi connectivity index (χ1v) is 5.11. The van der Waals surface area contributed by atoms with Gasteiger partial charge in [0.25, 0.3) is 5.69 Å². The van der Waals surface area contributed by atoms with E-state index in [0.29, 0.717) is 16.3 Å². The van der Waals surface area contributed by atoms with Crippen LogP contribution in [0.3, 0.4) is 0 Å². The second kappa shape index (κ2) is 4.94. The molecule has 0 atom stereocenters. The van der Waals surface area contributed by atoms with Crippen LogP contribution in [0.15, 0.2) is 30.6 Å². The van der Waals surface area contributed by atoms with Crippen molar-refractivity contribution < 1.29 is 4.92 Å². The minimum atomic E-state index is -0.448. The lowest BCUT2D eigenvalue weighted by Gasteiger charge is -2.01. The van der Waals surface area contributed by atoms with Crippen LogP contribution in [0, 0.1) is 33.3 Å². The first kappa shape index (κ1) is 11.6. The van der Waals surface area contributed by atoms with Gasteiger partial charge < -0.3 is 0 Å². The average Bonchev–Trinajstić information content (AvgIpc) is 2.38. The highest BCUT2D eigenvalue weighted by atomic mass is 16.6. The maximum absolute atomic E-state index is 10.9. The zero-order valence-corrected chi connectivity index (χ0v) is 9.25. The molecule has 0 saturated heterocycles. The fourth-order valence-corrected chi connectivity index (χ4v) is 1.62. The normalized spacial score (nSPS) is 9.28. The molecule has 0 spiro atoms. The van der Waals surface area contributed by atoms with Crippen LogP contribution >= 0.6 is 0 Å². The molecule has 0 N–H and O–H groups in total. The van der Waals surface area contributed by atoms with Gasteiger partial charge in [-0.2, -0.15) is 5.26 Å². The van der Waals surface area contributed by atoms with Crippen LogP contribution in [-0.4, -0.2) is 9.91 Å². The van der Waals surface area contributed by atoms with Gasteiger partial charge in [-0.15, -0.1) is 0 Å². The smallest absolute Gasteiger partial charge is 0.264 e. The lowest BCUT2D eigenvalue weighted by Crippen LogP contribution is -1.91. The number of fused-ring (bicyclic) bond motifs is 1. The van der Waals surface area contributed by atoms with Crippen molar-refractivity contribution in [1.29, 1.82) is 5.26 Å². The van der Waals surface area contributed by atoms with E-state index in [-0.39, 0.29) is 12.1 Å². The van der Waals surface area contributed by atoms with E-state index in [4.69, 9.17) is 5.26 Å². The van der Waals surface area contributed by atoms with Crippen LogP contribution in [0.4, 0.5) is 5.69 Å². The van der Waals surface area contributed by atoms with Crippen LogP contribution in [0.1, 0.15) is 12.0 Å². The molecule has 0 fully saturated rings. The molecule has 0 amide bonds. The van der Waals surface area contributed by atoms with Crippen molar-refractivity contribution in [2.45, 2.75) is 6.42 Å². The number of nitrogens with zero attached hydrogens (tertiary/aromatic N) is 3. The van der Waals surface area contributed by atoms with Crippen molar-refractivity contribution in [1.82, 2.24) is 4.98 Å². The fraction of sp³-hybridized carbons (Fsp3) is 0.0769. The zero-order valence-electron chi connectivity index (χ0n) is 9.25. The Morgan fingerprint density at radius 3 is 2.89 bits per heavy atom. The van der Waals surface area contributed by atoms with Gasteiger partial charge in [-0.25, -0.2) is 0 Å². The second-order valence-corrected chi connectivity index (χ2v) is 3.45. The number of non-ortho nitro benzene ring substituents is 1. The van der Waals surface area contributed by atoms with Gasteiger partial charge in [0, 0.05) is 29.4 Å². The zero-order chi connectivity index (χ0) is 13.0. The molecule has 0 radical (unpaired) electrons. The van der Waals surface area contributed by atoms with Gasteiger partial charge in [-0.05, 0) is 12.1 Å². The van der Waals surface area contributed by atoms with Gasteiger partial charge in [0.1, 0.15) is 0 Å². The third-order valence-electron chi connectivity index (χ3n) is 2.38. The van der Waals surface area contributed by atoms with E-state index in [2.05, 4.69) is 16.8 Å². The van der Waals surface area contributed by atoms with E-state index < -0.39 is 4.92 Å². The van der Waals surface area contributed by atoms with E-state index in [9.17, 15) is 10.1 Å². The number of aromatic nitrogens is 1. The molecule has 1 aromatic heterocycles. The number of benzene rings is 1. The fourth-order valence-electron chi connectivity index (χ4n) is 1.62.